The van der Waals surface area contributed by atoms with Gasteiger partial charge in [-0.1, -0.05) is 12.1 Å². The average molecular weight is 329 g/mol. The number of likely N-dealkylation sites (tertiary alicyclic amines) is 1. The average Bonchev–Trinajstić information content (AvgIpc) is 3.21. The molecule has 0 bridgehead atoms. The van der Waals surface area contributed by atoms with Crippen LogP contribution in [0.1, 0.15) is 22.6 Å². The molecule has 3 heterocycles. The Morgan fingerprint density at radius 3 is 3.17 bits per heavy atom. The van der Waals surface area contributed by atoms with Crippen molar-refractivity contribution in [3.05, 3.63) is 42.0 Å². The van der Waals surface area contributed by atoms with E-state index in [1.807, 2.05) is 45.5 Å². The van der Waals surface area contributed by atoms with E-state index in [2.05, 4.69) is 11.2 Å². The van der Waals surface area contributed by atoms with E-state index in [-0.39, 0.29) is 5.91 Å². The molecule has 5 nitrogen and oxygen atoms in total. The van der Waals surface area contributed by atoms with Crippen LogP contribution in [-0.4, -0.2) is 45.5 Å². The molecule has 0 saturated carbocycles. The molecule has 23 heavy (non-hydrogen) atoms. The van der Waals surface area contributed by atoms with Crippen LogP contribution in [0.25, 0.3) is 5.69 Å². The number of hydrogen-bond donors (Lipinski definition) is 0. The Morgan fingerprint density at radius 1 is 1.43 bits per heavy atom. The number of aromatic nitrogens is 2. The summed E-state index contributed by atoms with van der Waals surface area (Å²) in [6.07, 6.45) is 4.94. The highest BCUT2D eigenvalue weighted by Crippen LogP contribution is 2.31. The number of nitrogens with zero attached hydrogens (tertiary/aromatic N) is 3. The van der Waals surface area contributed by atoms with E-state index in [0.29, 0.717) is 18.2 Å². The van der Waals surface area contributed by atoms with E-state index >= 15 is 0 Å². The number of rotatable bonds is 3. The number of thioether (sulfide) groups is 1. The first kappa shape index (κ1) is 14.6. The summed E-state index contributed by atoms with van der Waals surface area (Å²) in [6.45, 7) is 2.05. The molecule has 2 aromatic rings. The number of hydrogen-bond acceptors (Lipinski definition) is 4. The molecule has 2 aliphatic heterocycles. The third-order valence-corrected chi connectivity index (χ3v) is 5.34. The normalized spacial score (nSPS) is 19.2. The standard InChI is InChI=1S/C17H19N3O2S/c1-23-10-12-6-7-19(8-12)17(21)16-14-9-22-15-5-3-2-4-13(15)20(14)11-18-16/h2-5,11-12H,6-10H2,1H3. The van der Waals surface area contributed by atoms with E-state index in [0.717, 1.165) is 42.4 Å². The summed E-state index contributed by atoms with van der Waals surface area (Å²) in [5, 5.41) is 0. The van der Waals surface area contributed by atoms with Gasteiger partial charge in [0.2, 0.25) is 0 Å². The van der Waals surface area contributed by atoms with Crippen molar-refractivity contribution in [2.75, 3.05) is 25.1 Å². The molecule has 1 amide bonds. The number of fused-ring (bicyclic) bond motifs is 3. The molecular formula is C17H19N3O2S. The summed E-state index contributed by atoms with van der Waals surface area (Å²) in [5.41, 5.74) is 2.33. The van der Waals surface area contributed by atoms with Crippen molar-refractivity contribution >= 4 is 17.7 Å². The van der Waals surface area contributed by atoms with E-state index in [9.17, 15) is 4.79 Å². The smallest absolute Gasteiger partial charge is 0.274 e. The van der Waals surface area contributed by atoms with Crippen LogP contribution in [-0.2, 0) is 6.61 Å². The molecule has 1 saturated heterocycles. The summed E-state index contributed by atoms with van der Waals surface area (Å²) in [7, 11) is 0. The van der Waals surface area contributed by atoms with Gasteiger partial charge in [0.1, 0.15) is 18.7 Å². The Hall–Kier alpha value is -1.95. The number of benzene rings is 1. The van der Waals surface area contributed by atoms with Crippen molar-refractivity contribution in [1.29, 1.82) is 0 Å². The Morgan fingerprint density at radius 2 is 2.30 bits per heavy atom. The van der Waals surface area contributed by atoms with E-state index in [4.69, 9.17) is 4.74 Å². The molecule has 1 aromatic carbocycles. The number of para-hydroxylation sites is 2. The number of imidazole rings is 1. The number of ether oxygens (including phenoxy) is 1. The first-order valence-electron chi connectivity index (χ1n) is 7.84. The fourth-order valence-electron chi connectivity index (χ4n) is 3.36. The fourth-order valence-corrected chi connectivity index (χ4v) is 4.10. The van der Waals surface area contributed by atoms with Crippen molar-refractivity contribution in [2.24, 2.45) is 5.92 Å². The second kappa shape index (κ2) is 5.92. The lowest BCUT2D eigenvalue weighted by Gasteiger charge is -2.21. The van der Waals surface area contributed by atoms with Gasteiger partial charge in [0.15, 0.2) is 5.69 Å². The molecule has 0 spiro atoms. The monoisotopic (exact) mass is 329 g/mol. The molecule has 0 radical (unpaired) electrons. The third-order valence-electron chi connectivity index (χ3n) is 4.53. The molecular weight excluding hydrogens is 310 g/mol. The van der Waals surface area contributed by atoms with Crippen LogP contribution >= 0.6 is 11.8 Å². The summed E-state index contributed by atoms with van der Waals surface area (Å²) in [6, 6.07) is 7.83. The van der Waals surface area contributed by atoms with Crippen molar-refractivity contribution in [1.82, 2.24) is 14.5 Å². The molecule has 2 aliphatic rings. The Balaban J connectivity index is 1.60. The van der Waals surface area contributed by atoms with Crippen LogP contribution in [0.3, 0.4) is 0 Å². The molecule has 1 fully saturated rings. The van der Waals surface area contributed by atoms with Crippen molar-refractivity contribution in [2.45, 2.75) is 13.0 Å². The maximum atomic E-state index is 12.8. The molecule has 1 unspecified atom stereocenters. The van der Waals surface area contributed by atoms with Gasteiger partial charge in [-0.25, -0.2) is 4.98 Å². The van der Waals surface area contributed by atoms with Crippen molar-refractivity contribution < 1.29 is 9.53 Å². The SMILES string of the molecule is CSCC1CCN(C(=O)c2ncn3c2COc2ccccc2-3)C1. The molecule has 0 N–H and O–H groups in total. The maximum absolute atomic E-state index is 12.8. The zero-order valence-corrected chi connectivity index (χ0v) is 13.9. The van der Waals surface area contributed by atoms with Gasteiger partial charge in [0, 0.05) is 13.1 Å². The summed E-state index contributed by atoms with van der Waals surface area (Å²) in [5.74, 6) is 2.58. The highest BCUT2D eigenvalue weighted by molar-refractivity contribution is 7.98. The second-order valence-electron chi connectivity index (χ2n) is 6.03. The second-order valence-corrected chi connectivity index (χ2v) is 6.94. The predicted molar refractivity (Wildman–Crippen MR) is 90.3 cm³/mol. The quantitative estimate of drug-likeness (QED) is 0.868. The number of carbonyl (C=O) groups excluding carboxylic acids is 1. The summed E-state index contributed by atoms with van der Waals surface area (Å²) in [4.78, 5) is 19.2. The van der Waals surface area contributed by atoms with Gasteiger partial charge in [-0.05, 0) is 36.5 Å². The Bertz CT molecular complexity index is 743. The van der Waals surface area contributed by atoms with Crippen LogP contribution in [0.5, 0.6) is 5.75 Å². The van der Waals surface area contributed by atoms with Gasteiger partial charge < -0.3 is 9.64 Å². The van der Waals surface area contributed by atoms with E-state index in [1.165, 1.54) is 0 Å². The first-order chi connectivity index (χ1) is 11.3. The number of carbonyl (C=O) groups is 1. The van der Waals surface area contributed by atoms with E-state index in [1.54, 1.807) is 6.33 Å². The summed E-state index contributed by atoms with van der Waals surface area (Å²) >= 11 is 1.85. The molecule has 120 valence electrons. The number of amides is 1. The van der Waals surface area contributed by atoms with Crippen LogP contribution in [0, 0.1) is 5.92 Å². The molecule has 4 rings (SSSR count). The fraction of sp³-hybridized carbons (Fsp3) is 0.412. The van der Waals surface area contributed by atoms with Crippen LogP contribution in [0.4, 0.5) is 0 Å². The van der Waals surface area contributed by atoms with Gasteiger partial charge >= 0.3 is 0 Å². The van der Waals surface area contributed by atoms with Gasteiger partial charge in [0.25, 0.3) is 5.91 Å². The molecule has 1 aromatic heterocycles. The maximum Gasteiger partial charge on any atom is 0.274 e. The minimum Gasteiger partial charge on any atom is -0.485 e. The van der Waals surface area contributed by atoms with Crippen LogP contribution < -0.4 is 4.74 Å². The first-order valence-corrected chi connectivity index (χ1v) is 9.24. The lowest BCUT2D eigenvalue weighted by Crippen LogP contribution is -2.30. The van der Waals surface area contributed by atoms with Crippen molar-refractivity contribution in [3.63, 3.8) is 0 Å². The van der Waals surface area contributed by atoms with Gasteiger partial charge in [0.05, 0.1) is 11.4 Å². The lowest BCUT2D eigenvalue weighted by atomic mass is 10.2. The Kier molecular flexibility index (Phi) is 3.77. The highest BCUT2D eigenvalue weighted by Gasteiger charge is 2.31. The third kappa shape index (κ3) is 2.51. The van der Waals surface area contributed by atoms with Gasteiger partial charge in [-0.3, -0.25) is 9.36 Å². The highest BCUT2D eigenvalue weighted by atomic mass is 32.2. The van der Waals surface area contributed by atoms with Crippen molar-refractivity contribution in [3.8, 4) is 11.4 Å². The van der Waals surface area contributed by atoms with E-state index < -0.39 is 0 Å². The zero-order chi connectivity index (χ0) is 15.8. The Labute approximate surface area is 139 Å². The van der Waals surface area contributed by atoms with Crippen LogP contribution in [0.2, 0.25) is 0 Å². The zero-order valence-electron chi connectivity index (χ0n) is 13.1. The molecule has 1 atom stereocenters. The minimum atomic E-state index is 0.0327. The predicted octanol–water partition coefficient (Wildman–Crippen LogP) is 2.59. The lowest BCUT2D eigenvalue weighted by molar-refractivity contribution is 0.0779. The van der Waals surface area contributed by atoms with Crippen LogP contribution in [0.15, 0.2) is 30.6 Å². The summed E-state index contributed by atoms with van der Waals surface area (Å²) < 4.78 is 7.76. The largest absolute Gasteiger partial charge is 0.485 e. The minimum absolute atomic E-state index is 0.0327. The molecule has 6 heteroatoms. The van der Waals surface area contributed by atoms with Gasteiger partial charge in [-0.15, -0.1) is 0 Å². The van der Waals surface area contributed by atoms with Gasteiger partial charge in [-0.2, -0.15) is 11.8 Å². The topological polar surface area (TPSA) is 47.4 Å². The molecule has 0 aliphatic carbocycles.